The number of rotatable bonds is 5. The predicted octanol–water partition coefficient (Wildman–Crippen LogP) is 0.244. The number of anilines is 2. The zero-order chi connectivity index (χ0) is 12.8. The number of ether oxygens (including phenoxy) is 1. The molecule has 0 bridgehead atoms. The summed E-state index contributed by atoms with van der Waals surface area (Å²) in [4.78, 5) is 25.3. The zero-order valence-electron chi connectivity index (χ0n) is 10.2. The Morgan fingerprint density at radius 1 is 1.41 bits per heavy atom. The van der Waals surface area contributed by atoms with E-state index in [0.717, 1.165) is 0 Å². The molecule has 0 amide bonds. The van der Waals surface area contributed by atoms with Crippen molar-refractivity contribution in [3.05, 3.63) is 0 Å². The highest BCUT2D eigenvalue weighted by Crippen LogP contribution is 2.17. The summed E-state index contributed by atoms with van der Waals surface area (Å²) in [6.45, 7) is 0. The van der Waals surface area contributed by atoms with Crippen molar-refractivity contribution in [2.45, 2.75) is 5.16 Å². The van der Waals surface area contributed by atoms with Crippen molar-refractivity contribution in [1.82, 2.24) is 15.0 Å². The second-order valence-corrected chi connectivity index (χ2v) is 4.19. The second kappa shape index (κ2) is 6.24. The maximum atomic E-state index is 11.0. The first-order valence-electron chi connectivity index (χ1n) is 4.87. The first-order valence-corrected chi connectivity index (χ1v) is 5.86. The van der Waals surface area contributed by atoms with Crippen LogP contribution in [0.15, 0.2) is 5.16 Å². The Morgan fingerprint density at radius 2 is 2.12 bits per heavy atom. The molecule has 0 aliphatic carbocycles. The van der Waals surface area contributed by atoms with Crippen LogP contribution in [0.25, 0.3) is 0 Å². The highest BCUT2D eigenvalue weighted by atomic mass is 32.2. The quantitative estimate of drug-likeness (QED) is 0.593. The van der Waals surface area contributed by atoms with Gasteiger partial charge in [0.05, 0.1) is 12.9 Å². The van der Waals surface area contributed by atoms with Crippen LogP contribution in [-0.4, -0.2) is 54.9 Å². The van der Waals surface area contributed by atoms with Gasteiger partial charge in [-0.05, 0) is 0 Å². The monoisotopic (exact) mass is 257 g/mol. The van der Waals surface area contributed by atoms with Crippen LogP contribution in [0.2, 0.25) is 0 Å². The van der Waals surface area contributed by atoms with E-state index < -0.39 is 0 Å². The maximum absolute atomic E-state index is 11.0. The van der Waals surface area contributed by atoms with E-state index in [1.807, 2.05) is 14.1 Å². The van der Waals surface area contributed by atoms with Gasteiger partial charge in [-0.3, -0.25) is 4.79 Å². The van der Waals surface area contributed by atoms with Crippen molar-refractivity contribution >= 4 is 29.6 Å². The van der Waals surface area contributed by atoms with Gasteiger partial charge in [-0.15, -0.1) is 0 Å². The van der Waals surface area contributed by atoms with E-state index in [2.05, 4.69) is 25.0 Å². The van der Waals surface area contributed by atoms with Crippen LogP contribution in [-0.2, 0) is 9.53 Å². The Kier molecular flexibility index (Phi) is 4.95. The van der Waals surface area contributed by atoms with Gasteiger partial charge in [0.15, 0.2) is 5.16 Å². The van der Waals surface area contributed by atoms with Crippen molar-refractivity contribution in [2.24, 2.45) is 0 Å². The normalized spacial score (nSPS) is 9.88. The summed E-state index contributed by atoms with van der Waals surface area (Å²) >= 11 is 1.21. The van der Waals surface area contributed by atoms with Gasteiger partial charge in [-0.1, -0.05) is 11.8 Å². The van der Waals surface area contributed by atoms with Gasteiger partial charge < -0.3 is 15.0 Å². The van der Waals surface area contributed by atoms with E-state index >= 15 is 0 Å². The van der Waals surface area contributed by atoms with Gasteiger partial charge in [0.2, 0.25) is 11.9 Å². The summed E-state index contributed by atoms with van der Waals surface area (Å²) in [6, 6.07) is 0. The minimum atomic E-state index is -0.312. The number of methoxy groups -OCH3 is 1. The van der Waals surface area contributed by atoms with Crippen molar-refractivity contribution in [2.75, 3.05) is 44.2 Å². The second-order valence-electron chi connectivity index (χ2n) is 3.25. The van der Waals surface area contributed by atoms with E-state index in [-0.39, 0.29) is 11.7 Å². The summed E-state index contributed by atoms with van der Waals surface area (Å²) in [7, 11) is 6.75. The summed E-state index contributed by atoms with van der Waals surface area (Å²) in [6.07, 6.45) is 0. The third kappa shape index (κ3) is 4.06. The topological polar surface area (TPSA) is 80.2 Å². The molecule has 8 heteroatoms. The van der Waals surface area contributed by atoms with Crippen molar-refractivity contribution in [1.29, 1.82) is 0 Å². The van der Waals surface area contributed by atoms with E-state index in [0.29, 0.717) is 17.1 Å². The van der Waals surface area contributed by atoms with E-state index in [1.54, 1.807) is 11.9 Å². The number of carbonyl (C=O) groups excluding carboxylic acids is 1. The van der Waals surface area contributed by atoms with Crippen LogP contribution >= 0.6 is 11.8 Å². The number of hydrogen-bond acceptors (Lipinski definition) is 8. The average molecular weight is 257 g/mol. The molecule has 94 valence electrons. The van der Waals surface area contributed by atoms with Crippen LogP contribution in [0.1, 0.15) is 0 Å². The fourth-order valence-electron chi connectivity index (χ4n) is 0.905. The standard InChI is InChI=1S/C9H15N5O2S/c1-10-7-11-8(14(2)3)13-9(12-7)17-5-6(15)16-4/h5H2,1-4H3,(H,10,11,12,13). The molecular formula is C9H15N5O2S. The smallest absolute Gasteiger partial charge is 0.316 e. The molecule has 0 aliphatic heterocycles. The van der Waals surface area contributed by atoms with Gasteiger partial charge in [-0.2, -0.15) is 15.0 Å². The first-order chi connectivity index (χ1) is 8.06. The molecule has 0 aromatic carbocycles. The third-order valence-electron chi connectivity index (χ3n) is 1.77. The Hall–Kier alpha value is -1.57. The molecule has 1 heterocycles. The molecule has 0 atom stereocenters. The van der Waals surface area contributed by atoms with Gasteiger partial charge in [0.25, 0.3) is 0 Å². The van der Waals surface area contributed by atoms with Crippen molar-refractivity contribution in [3.8, 4) is 0 Å². The Bertz CT molecular complexity index is 399. The fraction of sp³-hybridized carbons (Fsp3) is 0.556. The molecule has 0 saturated carbocycles. The molecule has 0 unspecified atom stereocenters. The van der Waals surface area contributed by atoms with Gasteiger partial charge in [0, 0.05) is 21.1 Å². The lowest BCUT2D eigenvalue weighted by molar-refractivity contribution is -0.137. The van der Waals surface area contributed by atoms with Gasteiger partial charge in [-0.25, -0.2) is 0 Å². The number of nitrogens with one attached hydrogen (secondary N) is 1. The van der Waals surface area contributed by atoms with Crippen LogP contribution in [0.5, 0.6) is 0 Å². The van der Waals surface area contributed by atoms with E-state index in [4.69, 9.17) is 0 Å². The lowest BCUT2D eigenvalue weighted by atomic mass is 10.8. The maximum Gasteiger partial charge on any atom is 0.316 e. The van der Waals surface area contributed by atoms with Crippen LogP contribution in [0, 0.1) is 0 Å². The molecule has 1 aromatic rings. The zero-order valence-corrected chi connectivity index (χ0v) is 11.0. The van der Waals surface area contributed by atoms with Crippen molar-refractivity contribution < 1.29 is 9.53 Å². The highest BCUT2D eigenvalue weighted by Gasteiger charge is 2.09. The summed E-state index contributed by atoms with van der Waals surface area (Å²) in [5.74, 6) is 0.872. The minimum Gasteiger partial charge on any atom is -0.468 e. The molecule has 0 radical (unpaired) electrons. The lowest BCUT2D eigenvalue weighted by Crippen LogP contribution is -2.15. The van der Waals surface area contributed by atoms with Crippen LogP contribution in [0.3, 0.4) is 0 Å². The summed E-state index contributed by atoms with van der Waals surface area (Å²) in [5.41, 5.74) is 0. The van der Waals surface area contributed by atoms with Crippen molar-refractivity contribution in [3.63, 3.8) is 0 Å². The lowest BCUT2D eigenvalue weighted by Gasteiger charge is -2.11. The number of thioether (sulfide) groups is 1. The fourth-order valence-corrected chi connectivity index (χ4v) is 1.57. The number of esters is 1. The molecule has 1 rings (SSSR count). The van der Waals surface area contributed by atoms with E-state index in [1.165, 1.54) is 18.9 Å². The predicted molar refractivity (Wildman–Crippen MR) is 66.4 cm³/mol. The van der Waals surface area contributed by atoms with Gasteiger partial charge in [0.1, 0.15) is 0 Å². The number of aromatic nitrogens is 3. The molecule has 0 saturated heterocycles. The molecular weight excluding hydrogens is 242 g/mol. The van der Waals surface area contributed by atoms with E-state index in [9.17, 15) is 4.79 Å². The molecule has 0 fully saturated rings. The minimum absolute atomic E-state index is 0.177. The summed E-state index contributed by atoms with van der Waals surface area (Å²) in [5, 5.41) is 3.33. The SMILES string of the molecule is CNc1nc(SCC(=O)OC)nc(N(C)C)n1. The third-order valence-corrected chi connectivity index (χ3v) is 2.59. The Balaban J connectivity index is 2.83. The molecule has 0 aliphatic rings. The molecule has 0 spiro atoms. The number of carbonyl (C=O) groups is 1. The highest BCUT2D eigenvalue weighted by molar-refractivity contribution is 7.99. The Labute approximate surface area is 104 Å². The Morgan fingerprint density at radius 3 is 2.65 bits per heavy atom. The molecule has 1 aromatic heterocycles. The van der Waals surface area contributed by atoms with Crippen LogP contribution < -0.4 is 10.2 Å². The summed E-state index contributed by atoms with van der Waals surface area (Å²) < 4.78 is 4.55. The number of hydrogen-bond donors (Lipinski definition) is 1. The first kappa shape index (κ1) is 13.5. The largest absolute Gasteiger partial charge is 0.468 e. The average Bonchev–Trinajstić information content (AvgIpc) is 2.35. The number of nitrogens with zero attached hydrogens (tertiary/aromatic N) is 4. The molecule has 7 nitrogen and oxygen atoms in total. The van der Waals surface area contributed by atoms with Crippen LogP contribution in [0.4, 0.5) is 11.9 Å². The molecule has 1 N–H and O–H groups in total. The van der Waals surface area contributed by atoms with Gasteiger partial charge >= 0.3 is 5.97 Å². The molecule has 17 heavy (non-hydrogen) atoms.